The molecule has 31 heavy (non-hydrogen) atoms. The Bertz CT molecular complexity index is 880. The Labute approximate surface area is 186 Å². The van der Waals surface area contributed by atoms with Gasteiger partial charge in [0.1, 0.15) is 5.75 Å². The van der Waals surface area contributed by atoms with Gasteiger partial charge in [-0.1, -0.05) is 19.1 Å². The van der Waals surface area contributed by atoms with Crippen LogP contribution < -0.4 is 19.5 Å². The maximum Gasteiger partial charge on any atom is 0.261 e. The molecule has 0 unspecified atom stereocenters. The van der Waals surface area contributed by atoms with Crippen molar-refractivity contribution in [3.05, 3.63) is 53.1 Å². The van der Waals surface area contributed by atoms with Crippen LogP contribution in [-0.4, -0.2) is 25.2 Å². The van der Waals surface area contributed by atoms with Gasteiger partial charge in [-0.25, -0.2) is 0 Å². The molecule has 3 rings (SSSR count). The van der Waals surface area contributed by atoms with Gasteiger partial charge < -0.3 is 19.5 Å². The highest BCUT2D eigenvalue weighted by molar-refractivity contribution is 5.81. The molecular formula is C26H35NO4. The van der Waals surface area contributed by atoms with E-state index < -0.39 is 6.10 Å². The summed E-state index contributed by atoms with van der Waals surface area (Å²) < 4.78 is 17.4. The van der Waals surface area contributed by atoms with Crippen LogP contribution in [0.25, 0.3) is 0 Å². The standard InChI is InChI=1S/C26H35NO4/c1-5-23(31-22-14-12-19-10-8-9-11-21(19)16-22)26(28)27-18(4)20-13-15-24(29-6-2)25(17-20)30-7-3/h12-18,23H,5-11H2,1-4H3,(H,27,28)/t18-,23-/m1/s1. The number of fused-ring (bicyclic) bond motifs is 1. The van der Waals surface area contributed by atoms with E-state index in [2.05, 4.69) is 17.4 Å². The number of aryl methyl sites for hydroxylation is 2. The van der Waals surface area contributed by atoms with Gasteiger partial charge in [-0.2, -0.15) is 0 Å². The first-order valence-electron chi connectivity index (χ1n) is 11.5. The summed E-state index contributed by atoms with van der Waals surface area (Å²) in [6, 6.07) is 11.9. The molecule has 1 aliphatic rings. The molecule has 5 heteroatoms. The minimum Gasteiger partial charge on any atom is -0.490 e. The van der Waals surface area contributed by atoms with Gasteiger partial charge in [-0.05, 0) is 93.8 Å². The number of benzene rings is 2. The van der Waals surface area contributed by atoms with E-state index in [1.165, 1.54) is 24.0 Å². The predicted octanol–water partition coefficient (Wildman–Crippen LogP) is 5.40. The second-order valence-electron chi connectivity index (χ2n) is 7.95. The van der Waals surface area contributed by atoms with Crippen molar-refractivity contribution in [3.8, 4) is 17.2 Å². The van der Waals surface area contributed by atoms with Crippen molar-refractivity contribution in [1.29, 1.82) is 0 Å². The minimum atomic E-state index is -0.529. The molecule has 0 saturated carbocycles. The maximum absolute atomic E-state index is 12.9. The van der Waals surface area contributed by atoms with E-state index in [1.807, 2.05) is 52.0 Å². The second kappa shape index (κ2) is 11.1. The lowest BCUT2D eigenvalue weighted by atomic mass is 9.92. The summed E-state index contributed by atoms with van der Waals surface area (Å²) in [5.74, 6) is 2.07. The molecule has 0 fully saturated rings. The van der Waals surface area contributed by atoms with Crippen molar-refractivity contribution in [3.63, 3.8) is 0 Å². The third kappa shape index (κ3) is 5.93. The van der Waals surface area contributed by atoms with Gasteiger partial charge in [0.25, 0.3) is 5.91 Å². The third-order valence-electron chi connectivity index (χ3n) is 5.69. The minimum absolute atomic E-state index is 0.112. The van der Waals surface area contributed by atoms with Crippen molar-refractivity contribution in [2.75, 3.05) is 13.2 Å². The average Bonchev–Trinajstić information content (AvgIpc) is 2.78. The molecule has 5 nitrogen and oxygen atoms in total. The summed E-state index contributed by atoms with van der Waals surface area (Å²) in [6.07, 6.45) is 4.77. The summed E-state index contributed by atoms with van der Waals surface area (Å²) in [7, 11) is 0. The maximum atomic E-state index is 12.9. The smallest absolute Gasteiger partial charge is 0.261 e. The van der Waals surface area contributed by atoms with E-state index in [0.717, 1.165) is 24.2 Å². The van der Waals surface area contributed by atoms with E-state index in [0.29, 0.717) is 31.1 Å². The Morgan fingerprint density at radius 2 is 1.65 bits per heavy atom. The molecule has 0 aromatic heterocycles. The molecule has 2 atom stereocenters. The lowest BCUT2D eigenvalue weighted by molar-refractivity contribution is -0.128. The second-order valence-corrected chi connectivity index (χ2v) is 7.95. The molecular weight excluding hydrogens is 390 g/mol. The number of hydrogen-bond acceptors (Lipinski definition) is 4. The van der Waals surface area contributed by atoms with Crippen LogP contribution in [0.2, 0.25) is 0 Å². The topological polar surface area (TPSA) is 56.8 Å². The molecule has 2 aromatic rings. The van der Waals surface area contributed by atoms with E-state index in [9.17, 15) is 4.79 Å². The number of hydrogen-bond donors (Lipinski definition) is 1. The Morgan fingerprint density at radius 1 is 0.935 bits per heavy atom. The zero-order chi connectivity index (χ0) is 22.2. The van der Waals surface area contributed by atoms with Crippen molar-refractivity contribution in [2.45, 2.75) is 71.9 Å². The monoisotopic (exact) mass is 425 g/mol. The van der Waals surface area contributed by atoms with Crippen LogP contribution in [0.4, 0.5) is 0 Å². The fourth-order valence-electron chi connectivity index (χ4n) is 4.00. The van der Waals surface area contributed by atoms with Crippen LogP contribution in [0, 0.1) is 0 Å². The first-order chi connectivity index (χ1) is 15.0. The van der Waals surface area contributed by atoms with E-state index in [4.69, 9.17) is 14.2 Å². The van der Waals surface area contributed by atoms with Crippen LogP contribution in [-0.2, 0) is 17.6 Å². The molecule has 1 aliphatic carbocycles. The first kappa shape index (κ1) is 23.0. The molecule has 1 N–H and O–H groups in total. The van der Waals surface area contributed by atoms with E-state index >= 15 is 0 Å². The highest BCUT2D eigenvalue weighted by atomic mass is 16.5. The number of ether oxygens (including phenoxy) is 3. The lowest BCUT2D eigenvalue weighted by Gasteiger charge is -2.23. The van der Waals surface area contributed by atoms with Crippen molar-refractivity contribution in [1.82, 2.24) is 5.32 Å². The average molecular weight is 426 g/mol. The van der Waals surface area contributed by atoms with Crippen LogP contribution >= 0.6 is 0 Å². The summed E-state index contributed by atoms with van der Waals surface area (Å²) >= 11 is 0. The molecule has 0 saturated heterocycles. The molecule has 0 bridgehead atoms. The number of carbonyl (C=O) groups excluding carboxylic acids is 1. The Balaban J connectivity index is 1.66. The quantitative estimate of drug-likeness (QED) is 0.554. The number of rotatable bonds is 10. The largest absolute Gasteiger partial charge is 0.490 e. The van der Waals surface area contributed by atoms with Crippen LogP contribution in [0.15, 0.2) is 36.4 Å². The third-order valence-corrected chi connectivity index (χ3v) is 5.69. The van der Waals surface area contributed by atoms with E-state index in [-0.39, 0.29) is 11.9 Å². The molecule has 168 valence electrons. The van der Waals surface area contributed by atoms with Gasteiger partial charge in [0, 0.05) is 0 Å². The lowest BCUT2D eigenvalue weighted by Crippen LogP contribution is -2.39. The van der Waals surface area contributed by atoms with Gasteiger partial charge in [-0.15, -0.1) is 0 Å². The molecule has 0 aliphatic heterocycles. The van der Waals surface area contributed by atoms with Gasteiger partial charge in [-0.3, -0.25) is 4.79 Å². The SMILES string of the molecule is CCOc1ccc([C@@H](C)NC(=O)[C@@H](CC)Oc2ccc3c(c2)CCCC3)cc1OCC. The normalized spacial score (nSPS) is 14.8. The molecule has 0 heterocycles. The highest BCUT2D eigenvalue weighted by Crippen LogP contribution is 2.31. The summed E-state index contributed by atoms with van der Waals surface area (Å²) in [5.41, 5.74) is 3.72. The zero-order valence-electron chi connectivity index (χ0n) is 19.2. The van der Waals surface area contributed by atoms with Gasteiger partial charge in [0.05, 0.1) is 19.3 Å². The van der Waals surface area contributed by atoms with Crippen LogP contribution in [0.1, 0.15) is 69.7 Å². The molecule has 0 radical (unpaired) electrons. The van der Waals surface area contributed by atoms with Gasteiger partial charge in [0.15, 0.2) is 17.6 Å². The van der Waals surface area contributed by atoms with Gasteiger partial charge >= 0.3 is 0 Å². The number of amides is 1. The Hall–Kier alpha value is -2.69. The highest BCUT2D eigenvalue weighted by Gasteiger charge is 2.22. The predicted molar refractivity (Wildman–Crippen MR) is 123 cm³/mol. The van der Waals surface area contributed by atoms with Gasteiger partial charge in [0.2, 0.25) is 0 Å². The molecule has 2 aromatic carbocycles. The van der Waals surface area contributed by atoms with Crippen LogP contribution in [0.5, 0.6) is 17.2 Å². The fourth-order valence-corrected chi connectivity index (χ4v) is 4.00. The number of carbonyl (C=O) groups is 1. The van der Waals surface area contributed by atoms with Crippen molar-refractivity contribution < 1.29 is 19.0 Å². The van der Waals surface area contributed by atoms with Crippen molar-refractivity contribution >= 4 is 5.91 Å². The Kier molecular flexibility index (Phi) is 8.21. The van der Waals surface area contributed by atoms with Crippen LogP contribution in [0.3, 0.4) is 0 Å². The van der Waals surface area contributed by atoms with E-state index in [1.54, 1.807) is 0 Å². The number of nitrogens with one attached hydrogen (secondary N) is 1. The fraction of sp³-hybridized carbons (Fsp3) is 0.500. The first-order valence-corrected chi connectivity index (χ1v) is 11.5. The van der Waals surface area contributed by atoms with Crippen molar-refractivity contribution in [2.24, 2.45) is 0 Å². The molecule has 0 spiro atoms. The summed E-state index contributed by atoms with van der Waals surface area (Å²) in [5, 5.41) is 3.09. The Morgan fingerprint density at radius 3 is 2.35 bits per heavy atom. The summed E-state index contributed by atoms with van der Waals surface area (Å²) in [4.78, 5) is 12.9. The molecule has 1 amide bonds. The summed E-state index contributed by atoms with van der Waals surface area (Å²) in [6.45, 7) is 8.95. The zero-order valence-corrected chi connectivity index (χ0v) is 19.2.